The molecule has 0 aromatic heterocycles. The maximum absolute atomic E-state index is 10.4. The number of halogens is 1. The van der Waals surface area contributed by atoms with Crippen LogP contribution in [0, 0.1) is 0 Å². The molecule has 0 aliphatic carbocycles. The number of methoxy groups -OCH3 is 1. The Morgan fingerprint density at radius 3 is 2.88 bits per heavy atom. The Morgan fingerprint density at radius 1 is 1.59 bits per heavy atom. The molecule has 0 heterocycles. The zero-order chi connectivity index (χ0) is 12.8. The molecule has 0 aliphatic heterocycles. The summed E-state index contributed by atoms with van der Waals surface area (Å²) in [4.78, 5) is 10.4. The number of hydrogen-bond acceptors (Lipinski definition) is 3. The molecule has 1 aromatic carbocycles. The molecule has 5 heteroatoms. The molecule has 0 aliphatic rings. The van der Waals surface area contributed by atoms with Crippen LogP contribution >= 0.6 is 11.6 Å². The van der Waals surface area contributed by atoms with Gasteiger partial charge in [0.1, 0.15) is 5.75 Å². The number of benzene rings is 1. The Morgan fingerprint density at radius 2 is 2.29 bits per heavy atom. The Hall–Kier alpha value is -1.68. The first-order valence-electron chi connectivity index (χ1n) is 5.00. The van der Waals surface area contributed by atoms with Gasteiger partial charge in [0, 0.05) is 18.7 Å². The molecule has 4 nitrogen and oxygen atoms in total. The zero-order valence-electron chi connectivity index (χ0n) is 9.66. The lowest BCUT2D eigenvalue weighted by molar-refractivity contribution is -0.131. The molecule has 1 aromatic rings. The van der Waals surface area contributed by atoms with Gasteiger partial charge in [-0.25, -0.2) is 4.79 Å². The van der Waals surface area contributed by atoms with Gasteiger partial charge in [-0.15, -0.1) is 0 Å². The lowest BCUT2D eigenvalue weighted by Gasteiger charge is -2.10. The molecule has 0 amide bonds. The van der Waals surface area contributed by atoms with Crippen molar-refractivity contribution in [3.05, 3.63) is 34.9 Å². The highest BCUT2D eigenvalue weighted by atomic mass is 35.5. The summed E-state index contributed by atoms with van der Waals surface area (Å²) in [6, 6.07) is 5.24. The molecule has 1 rings (SSSR count). The van der Waals surface area contributed by atoms with Gasteiger partial charge in [0.25, 0.3) is 0 Å². The fourth-order valence-corrected chi connectivity index (χ4v) is 1.45. The van der Waals surface area contributed by atoms with Crippen LogP contribution in [0.2, 0.25) is 5.02 Å². The van der Waals surface area contributed by atoms with Crippen molar-refractivity contribution >= 4 is 23.3 Å². The highest BCUT2D eigenvalue weighted by Gasteiger charge is 2.02. The monoisotopic (exact) mass is 255 g/mol. The maximum atomic E-state index is 10.4. The molecule has 0 saturated carbocycles. The van der Waals surface area contributed by atoms with E-state index in [1.54, 1.807) is 32.2 Å². The van der Waals surface area contributed by atoms with Crippen molar-refractivity contribution in [2.75, 3.05) is 19.0 Å². The molecular formula is C12H14ClNO3. The summed E-state index contributed by atoms with van der Waals surface area (Å²) < 4.78 is 5.07. The number of carboxylic acids is 1. The third-order valence-corrected chi connectivity index (χ3v) is 2.43. The normalized spacial score (nSPS) is 11.1. The van der Waals surface area contributed by atoms with E-state index in [9.17, 15) is 4.79 Å². The van der Waals surface area contributed by atoms with Gasteiger partial charge < -0.3 is 15.2 Å². The molecule has 0 fully saturated rings. The summed E-state index contributed by atoms with van der Waals surface area (Å²) >= 11 is 5.99. The fourth-order valence-electron chi connectivity index (χ4n) is 1.26. The molecule has 0 atom stereocenters. The average Bonchev–Trinajstić information content (AvgIpc) is 2.27. The minimum absolute atomic E-state index is 0.416. The van der Waals surface area contributed by atoms with Crippen molar-refractivity contribution in [3.8, 4) is 5.75 Å². The van der Waals surface area contributed by atoms with E-state index in [2.05, 4.69) is 5.32 Å². The molecule has 0 saturated heterocycles. The number of carbonyl (C=O) groups is 1. The maximum Gasteiger partial charge on any atom is 0.328 e. The number of ether oxygens (including phenoxy) is 1. The number of nitrogens with one attached hydrogen (secondary N) is 1. The number of carboxylic acid groups (broad SMARTS) is 1. The Labute approximate surface area is 105 Å². The number of hydrogen-bond donors (Lipinski definition) is 2. The van der Waals surface area contributed by atoms with Crippen LogP contribution < -0.4 is 10.1 Å². The predicted molar refractivity (Wildman–Crippen MR) is 67.9 cm³/mol. The number of aliphatic carboxylic acids is 1. The topological polar surface area (TPSA) is 58.6 Å². The first kappa shape index (κ1) is 13.4. The zero-order valence-corrected chi connectivity index (χ0v) is 10.4. The fraction of sp³-hybridized carbons (Fsp3) is 0.250. The van der Waals surface area contributed by atoms with Gasteiger partial charge in [-0.3, -0.25) is 0 Å². The highest BCUT2D eigenvalue weighted by Crippen LogP contribution is 2.26. The van der Waals surface area contributed by atoms with E-state index in [0.717, 1.165) is 6.08 Å². The number of anilines is 1. The Bertz CT molecular complexity index is 443. The minimum atomic E-state index is -0.957. The summed E-state index contributed by atoms with van der Waals surface area (Å²) in [5.41, 5.74) is 1.42. The van der Waals surface area contributed by atoms with Crippen LogP contribution in [-0.2, 0) is 4.79 Å². The second kappa shape index (κ2) is 6.15. The van der Waals surface area contributed by atoms with Crippen LogP contribution in [-0.4, -0.2) is 24.7 Å². The molecule has 0 bridgehead atoms. The Kier molecular flexibility index (Phi) is 4.84. The van der Waals surface area contributed by atoms with Crippen LogP contribution in [0.4, 0.5) is 5.69 Å². The average molecular weight is 256 g/mol. The van der Waals surface area contributed by atoms with Gasteiger partial charge in [-0.1, -0.05) is 11.6 Å². The van der Waals surface area contributed by atoms with E-state index in [1.165, 1.54) is 0 Å². The summed E-state index contributed by atoms with van der Waals surface area (Å²) in [5, 5.41) is 12.2. The van der Waals surface area contributed by atoms with E-state index < -0.39 is 5.97 Å². The summed E-state index contributed by atoms with van der Waals surface area (Å²) in [6.07, 6.45) is 1.15. The van der Waals surface area contributed by atoms with Crippen LogP contribution in [0.3, 0.4) is 0 Å². The molecule has 92 valence electrons. The quantitative estimate of drug-likeness (QED) is 0.795. The molecule has 0 spiro atoms. The minimum Gasteiger partial charge on any atom is -0.497 e. The summed E-state index contributed by atoms with van der Waals surface area (Å²) in [6.45, 7) is 2.15. The first-order chi connectivity index (χ1) is 8.02. The van der Waals surface area contributed by atoms with Gasteiger partial charge in [0.15, 0.2) is 0 Å². The van der Waals surface area contributed by atoms with Gasteiger partial charge in [-0.2, -0.15) is 0 Å². The van der Waals surface area contributed by atoms with Gasteiger partial charge in [-0.05, 0) is 24.6 Å². The van der Waals surface area contributed by atoms with Crippen molar-refractivity contribution < 1.29 is 14.6 Å². The van der Waals surface area contributed by atoms with Crippen LogP contribution in [0.15, 0.2) is 29.8 Å². The lowest BCUT2D eigenvalue weighted by atomic mass is 10.2. The highest BCUT2D eigenvalue weighted by molar-refractivity contribution is 6.33. The first-order valence-corrected chi connectivity index (χ1v) is 5.38. The second-order valence-corrected chi connectivity index (χ2v) is 3.94. The van der Waals surface area contributed by atoms with Crippen molar-refractivity contribution in [2.24, 2.45) is 0 Å². The van der Waals surface area contributed by atoms with Crippen LogP contribution in [0.25, 0.3) is 0 Å². The van der Waals surface area contributed by atoms with Crippen molar-refractivity contribution in [1.82, 2.24) is 0 Å². The lowest BCUT2D eigenvalue weighted by Crippen LogP contribution is -2.05. The molecule has 2 N–H and O–H groups in total. The van der Waals surface area contributed by atoms with E-state index in [1.807, 2.05) is 0 Å². The molecule has 0 unspecified atom stereocenters. The van der Waals surface area contributed by atoms with Crippen LogP contribution in [0.1, 0.15) is 6.92 Å². The molecular weight excluding hydrogens is 242 g/mol. The summed E-state index contributed by atoms with van der Waals surface area (Å²) in [7, 11) is 1.57. The van der Waals surface area contributed by atoms with Gasteiger partial charge >= 0.3 is 5.97 Å². The van der Waals surface area contributed by atoms with Crippen LogP contribution in [0.5, 0.6) is 5.75 Å². The SMILES string of the molecule is COc1ccc(Cl)c(NC/C(C)=C/C(=O)O)c1. The van der Waals surface area contributed by atoms with Crippen molar-refractivity contribution in [3.63, 3.8) is 0 Å². The van der Waals surface area contributed by atoms with E-state index >= 15 is 0 Å². The van der Waals surface area contributed by atoms with Crippen molar-refractivity contribution in [1.29, 1.82) is 0 Å². The number of rotatable bonds is 5. The van der Waals surface area contributed by atoms with Gasteiger partial charge in [0.2, 0.25) is 0 Å². The van der Waals surface area contributed by atoms with E-state index in [0.29, 0.717) is 28.6 Å². The molecule has 0 radical (unpaired) electrons. The van der Waals surface area contributed by atoms with E-state index in [-0.39, 0.29) is 0 Å². The van der Waals surface area contributed by atoms with Gasteiger partial charge in [0.05, 0.1) is 17.8 Å². The predicted octanol–water partition coefficient (Wildman–Crippen LogP) is 2.79. The third kappa shape index (κ3) is 4.36. The summed E-state index contributed by atoms with van der Waals surface area (Å²) in [5.74, 6) is -0.266. The van der Waals surface area contributed by atoms with E-state index in [4.69, 9.17) is 21.4 Å². The third-order valence-electron chi connectivity index (χ3n) is 2.10. The van der Waals surface area contributed by atoms with Crippen molar-refractivity contribution in [2.45, 2.75) is 6.92 Å². The standard InChI is InChI=1S/C12H14ClNO3/c1-8(5-12(15)16)7-14-11-6-9(17-2)3-4-10(11)13/h3-6,14H,7H2,1-2H3,(H,15,16)/b8-5+. The second-order valence-electron chi connectivity index (χ2n) is 3.53. The Balaban J connectivity index is 2.72. The molecule has 17 heavy (non-hydrogen) atoms. The largest absolute Gasteiger partial charge is 0.497 e. The smallest absolute Gasteiger partial charge is 0.328 e.